The van der Waals surface area contributed by atoms with Crippen LogP contribution in [0.1, 0.15) is 5.56 Å². The average Bonchev–Trinajstić information content (AvgIpc) is 2.03. The normalized spacial score (nSPS) is 11.4. The molecule has 0 saturated heterocycles. The highest BCUT2D eigenvalue weighted by Gasteiger charge is 2.35. The van der Waals surface area contributed by atoms with Crippen LogP contribution in [0.2, 0.25) is 0 Å². The van der Waals surface area contributed by atoms with E-state index in [4.69, 9.17) is 5.11 Å². The largest absolute Gasteiger partial charge is 0.506 e. The Morgan fingerprint density at radius 1 is 1.46 bits per heavy atom. The molecule has 0 aromatic carbocycles. The molecule has 3 nitrogen and oxygen atoms in total. The first-order chi connectivity index (χ1) is 5.95. The van der Waals surface area contributed by atoms with Crippen molar-refractivity contribution in [2.24, 2.45) is 0 Å². The van der Waals surface area contributed by atoms with Crippen molar-refractivity contribution in [3.8, 4) is 11.6 Å². The van der Waals surface area contributed by atoms with Crippen LogP contribution < -0.4 is 4.74 Å². The molecule has 0 fully saturated rings. The van der Waals surface area contributed by atoms with Crippen LogP contribution >= 0.6 is 0 Å². The van der Waals surface area contributed by atoms with Crippen LogP contribution in [0, 0.1) is 0 Å². The molecule has 1 N–H and O–H groups in total. The fourth-order valence-corrected chi connectivity index (χ4v) is 0.807. The van der Waals surface area contributed by atoms with E-state index in [1.54, 1.807) is 0 Å². The first kappa shape index (κ1) is 9.63. The van der Waals surface area contributed by atoms with Gasteiger partial charge in [0.05, 0.1) is 13.3 Å². The molecule has 1 rings (SSSR count). The number of ether oxygens (including phenoxy) is 1. The minimum atomic E-state index is -4.57. The lowest BCUT2D eigenvalue weighted by molar-refractivity contribution is -0.139. The molecule has 0 bridgehead atoms. The molecule has 6 heteroatoms. The third-order valence-electron chi connectivity index (χ3n) is 1.34. The van der Waals surface area contributed by atoms with Gasteiger partial charge in [-0.15, -0.1) is 0 Å². The highest BCUT2D eigenvalue weighted by molar-refractivity contribution is 5.34. The van der Waals surface area contributed by atoms with Gasteiger partial charge in [-0.25, -0.2) is 4.98 Å². The molecule has 0 aliphatic rings. The van der Waals surface area contributed by atoms with Gasteiger partial charge in [-0.2, -0.15) is 13.2 Å². The maximum Gasteiger partial charge on any atom is 0.421 e. The second-order valence-corrected chi connectivity index (χ2v) is 2.25. The number of rotatable bonds is 1. The molecule has 13 heavy (non-hydrogen) atoms. The number of hydrogen-bond acceptors (Lipinski definition) is 3. The Bertz CT molecular complexity index is 311. The smallest absolute Gasteiger partial charge is 0.421 e. The zero-order valence-electron chi connectivity index (χ0n) is 6.59. The van der Waals surface area contributed by atoms with E-state index in [9.17, 15) is 13.2 Å². The van der Waals surface area contributed by atoms with Gasteiger partial charge >= 0.3 is 6.18 Å². The summed E-state index contributed by atoms with van der Waals surface area (Å²) in [5.74, 6) is -1.10. The Morgan fingerprint density at radius 3 is 2.54 bits per heavy atom. The summed E-state index contributed by atoms with van der Waals surface area (Å²) >= 11 is 0. The highest BCUT2D eigenvalue weighted by Crippen LogP contribution is 2.36. The topological polar surface area (TPSA) is 42.4 Å². The van der Waals surface area contributed by atoms with Crippen LogP contribution in [-0.4, -0.2) is 17.2 Å². The molecule has 0 aliphatic carbocycles. The van der Waals surface area contributed by atoms with Crippen LogP contribution in [0.25, 0.3) is 0 Å². The zero-order valence-corrected chi connectivity index (χ0v) is 6.59. The Morgan fingerprint density at radius 2 is 2.08 bits per heavy atom. The molecule has 0 amide bonds. The highest BCUT2D eigenvalue weighted by atomic mass is 19.4. The van der Waals surface area contributed by atoms with Crippen LogP contribution in [0.4, 0.5) is 13.2 Å². The zero-order chi connectivity index (χ0) is 10.1. The van der Waals surface area contributed by atoms with Gasteiger partial charge in [0.2, 0.25) is 5.88 Å². The van der Waals surface area contributed by atoms with E-state index in [-0.39, 0.29) is 0 Å². The van der Waals surface area contributed by atoms with Crippen LogP contribution in [0.5, 0.6) is 11.6 Å². The fourth-order valence-electron chi connectivity index (χ4n) is 0.807. The standard InChI is InChI=1S/C7H6F3NO2/c1-13-6-5(7(8,9)10)2-4(12)3-11-6/h2-3,12H,1H3. The lowest BCUT2D eigenvalue weighted by Crippen LogP contribution is -2.08. The number of pyridine rings is 1. The van der Waals surface area contributed by atoms with Gasteiger partial charge in [-0.05, 0) is 6.07 Å². The molecule has 0 atom stereocenters. The molecule has 72 valence electrons. The summed E-state index contributed by atoms with van der Waals surface area (Å²) < 4.78 is 40.9. The van der Waals surface area contributed by atoms with Crippen molar-refractivity contribution < 1.29 is 23.0 Å². The molecule has 0 unspecified atom stereocenters. The second-order valence-electron chi connectivity index (χ2n) is 2.25. The maximum absolute atomic E-state index is 12.2. The monoisotopic (exact) mass is 193 g/mol. The van der Waals surface area contributed by atoms with E-state index in [1.165, 1.54) is 0 Å². The lowest BCUT2D eigenvalue weighted by Gasteiger charge is -2.10. The van der Waals surface area contributed by atoms with Gasteiger partial charge in [0, 0.05) is 0 Å². The number of hydrogen-bond donors (Lipinski definition) is 1. The van der Waals surface area contributed by atoms with E-state index in [0.717, 1.165) is 13.3 Å². The third kappa shape index (κ3) is 2.01. The molecule has 1 aromatic rings. The Kier molecular flexibility index (Phi) is 2.31. The molecule has 0 saturated carbocycles. The van der Waals surface area contributed by atoms with Crippen LogP contribution in [-0.2, 0) is 6.18 Å². The molecule has 1 heterocycles. The van der Waals surface area contributed by atoms with E-state index in [2.05, 4.69) is 9.72 Å². The van der Waals surface area contributed by atoms with Gasteiger partial charge in [0.1, 0.15) is 11.3 Å². The van der Waals surface area contributed by atoms with E-state index < -0.39 is 23.4 Å². The average molecular weight is 193 g/mol. The molecule has 0 radical (unpaired) electrons. The molecule has 0 spiro atoms. The van der Waals surface area contributed by atoms with E-state index in [1.807, 2.05) is 0 Å². The van der Waals surface area contributed by atoms with Crippen molar-refractivity contribution in [3.05, 3.63) is 17.8 Å². The maximum atomic E-state index is 12.2. The van der Waals surface area contributed by atoms with Gasteiger partial charge in [0.25, 0.3) is 0 Å². The number of alkyl halides is 3. The third-order valence-corrected chi connectivity index (χ3v) is 1.34. The number of aromatic nitrogens is 1. The molecule has 0 aliphatic heterocycles. The van der Waals surface area contributed by atoms with Crippen molar-refractivity contribution in [2.45, 2.75) is 6.18 Å². The quantitative estimate of drug-likeness (QED) is 0.739. The van der Waals surface area contributed by atoms with Gasteiger partial charge < -0.3 is 9.84 Å². The van der Waals surface area contributed by atoms with Gasteiger partial charge in [-0.1, -0.05) is 0 Å². The van der Waals surface area contributed by atoms with Crippen molar-refractivity contribution in [1.29, 1.82) is 0 Å². The van der Waals surface area contributed by atoms with E-state index >= 15 is 0 Å². The summed E-state index contributed by atoms with van der Waals surface area (Å²) in [6.07, 6.45) is -3.69. The predicted octanol–water partition coefficient (Wildman–Crippen LogP) is 1.81. The summed E-state index contributed by atoms with van der Waals surface area (Å²) in [4.78, 5) is 3.27. The van der Waals surface area contributed by atoms with Crippen molar-refractivity contribution >= 4 is 0 Å². The first-order valence-electron chi connectivity index (χ1n) is 3.25. The fraction of sp³-hybridized carbons (Fsp3) is 0.286. The molecule has 1 aromatic heterocycles. The predicted molar refractivity (Wildman–Crippen MR) is 37.5 cm³/mol. The number of halogens is 3. The number of aromatic hydroxyl groups is 1. The number of methoxy groups -OCH3 is 1. The summed E-state index contributed by atoms with van der Waals surface area (Å²) in [6.45, 7) is 0. The minimum Gasteiger partial charge on any atom is -0.506 e. The second kappa shape index (κ2) is 3.12. The van der Waals surface area contributed by atoms with Crippen molar-refractivity contribution in [2.75, 3.05) is 7.11 Å². The summed E-state index contributed by atoms with van der Waals surface area (Å²) in [7, 11) is 1.08. The Hall–Kier alpha value is -1.46. The first-order valence-corrected chi connectivity index (χ1v) is 3.25. The summed E-state index contributed by atoms with van der Waals surface area (Å²) in [5.41, 5.74) is -1.09. The minimum absolute atomic E-state index is 0.548. The summed E-state index contributed by atoms with van der Waals surface area (Å²) in [6, 6.07) is 0.561. The van der Waals surface area contributed by atoms with Crippen molar-refractivity contribution in [3.63, 3.8) is 0 Å². The van der Waals surface area contributed by atoms with E-state index in [0.29, 0.717) is 6.07 Å². The van der Waals surface area contributed by atoms with Crippen molar-refractivity contribution in [1.82, 2.24) is 4.98 Å². The Labute approximate surface area is 71.8 Å². The van der Waals surface area contributed by atoms with Gasteiger partial charge in [0.15, 0.2) is 0 Å². The molecular weight excluding hydrogens is 187 g/mol. The van der Waals surface area contributed by atoms with Crippen LogP contribution in [0.15, 0.2) is 12.3 Å². The van der Waals surface area contributed by atoms with Crippen LogP contribution in [0.3, 0.4) is 0 Å². The van der Waals surface area contributed by atoms with Gasteiger partial charge in [-0.3, -0.25) is 0 Å². The lowest BCUT2D eigenvalue weighted by atomic mass is 10.2. The Balaban J connectivity index is 3.24. The summed E-state index contributed by atoms with van der Waals surface area (Å²) in [5, 5.41) is 8.78. The molecular formula is C7H6F3NO2. The SMILES string of the molecule is COc1ncc(O)cc1C(F)(F)F. The number of nitrogens with zero attached hydrogens (tertiary/aromatic N) is 1.